The second-order valence-corrected chi connectivity index (χ2v) is 4.84. The Kier molecular flexibility index (Phi) is 3.40. The molecule has 0 fully saturated rings. The van der Waals surface area contributed by atoms with Gasteiger partial charge >= 0.3 is 0 Å². The Morgan fingerprint density at radius 3 is 2.87 bits per heavy atom. The van der Waals surface area contributed by atoms with Crippen molar-refractivity contribution >= 4 is 5.78 Å². The molecule has 0 aromatic heterocycles. The van der Waals surface area contributed by atoms with Crippen LogP contribution in [-0.2, 0) is 4.79 Å². The third kappa shape index (κ3) is 2.58. The smallest absolute Gasteiger partial charge is 0.162 e. The van der Waals surface area contributed by atoms with Gasteiger partial charge in [-0.15, -0.1) is 0 Å². The van der Waals surface area contributed by atoms with E-state index in [2.05, 4.69) is 19.1 Å². The third-order valence-corrected chi connectivity index (χ3v) is 3.55. The number of carbonyl (C=O) groups excluding carboxylic acids is 1. The zero-order valence-electron chi connectivity index (χ0n) is 9.54. The molecule has 3 aliphatic rings. The molecule has 3 rings (SSSR count). The maximum absolute atomic E-state index is 11.9. The highest BCUT2D eigenvalue weighted by Gasteiger charge is 2.24. The van der Waals surface area contributed by atoms with Gasteiger partial charge in [-0.05, 0) is 44.1 Å². The predicted octanol–water partition coefficient (Wildman–Crippen LogP) is 3.66. The van der Waals surface area contributed by atoms with Crippen LogP contribution < -0.4 is 0 Å². The lowest BCUT2D eigenvalue weighted by Crippen LogP contribution is -2.19. The molecular weight excluding hydrogens is 184 g/mol. The fourth-order valence-electron chi connectivity index (χ4n) is 2.57. The molecule has 3 aliphatic carbocycles. The van der Waals surface area contributed by atoms with E-state index in [1.165, 1.54) is 24.8 Å². The number of rotatable bonds is 3. The van der Waals surface area contributed by atoms with Crippen molar-refractivity contribution in [1.82, 2.24) is 0 Å². The van der Waals surface area contributed by atoms with Crippen LogP contribution in [0.4, 0.5) is 0 Å². The topological polar surface area (TPSA) is 17.1 Å². The largest absolute Gasteiger partial charge is 0.294 e. The number of unbranched alkanes of at least 4 members (excludes halogenated alkanes) is 1. The minimum atomic E-state index is 0.193. The number of ketones is 1. The van der Waals surface area contributed by atoms with Crippen molar-refractivity contribution in [3.8, 4) is 0 Å². The molecule has 1 nitrogen and oxygen atoms in total. The van der Waals surface area contributed by atoms with Crippen molar-refractivity contribution in [3.63, 3.8) is 0 Å². The summed E-state index contributed by atoms with van der Waals surface area (Å²) >= 11 is 0. The first kappa shape index (κ1) is 10.7. The van der Waals surface area contributed by atoms with E-state index < -0.39 is 0 Å². The van der Waals surface area contributed by atoms with Gasteiger partial charge in [-0.2, -0.15) is 0 Å². The highest BCUT2D eigenvalue weighted by atomic mass is 16.1. The molecule has 2 atom stereocenters. The fourth-order valence-corrected chi connectivity index (χ4v) is 2.57. The lowest BCUT2D eigenvalue weighted by Gasteiger charge is -2.25. The molecule has 82 valence electrons. The normalized spacial score (nSPS) is 33.4. The summed E-state index contributed by atoms with van der Waals surface area (Å²) < 4.78 is 0. The number of fused-ring (bicyclic) bond motifs is 3. The summed E-state index contributed by atoms with van der Waals surface area (Å²) in [6, 6.07) is 0. The first-order valence-corrected chi connectivity index (χ1v) is 6.21. The first-order chi connectivity index (χ1) is 7.29. The van der Waals surface area contributed by atoms with Crippen molar-refractivity contribution in [2.75, 3.05) is 0 Å². The van der Waals surface area contributed by atoms with Crippen LogP contribution in [0.15, 0.2) is 23.8 Å². The van der Waals surface area contributed by atoms with Gasteiger partial charge in [0.15, 0.2) is 5.78 Å². The van der Waals surface area contributed by atoms with Gasteiger partial charge in [0, 0.05) is 5.92 Å². The lowest BCUT2D eigenvalue weighted by molar-refractivity contribution is -0.117. The number of hydrogen-bond acceptors (Lipinski definition) is 1. The van der Waals surface area contributed by atoms with Gasteiger partial charge in [-0.25, -0.2) is 0 Å². The van der Waals surface area contributed by atoms with Crippen LogP contribution in [0, 0.1) is 11.8 Å². The van der Waals surface area contributed by atoms with Crippen LogP contribution in [-0.4, -0.2) is 5.78 Å². The van der Waals surface area contributed by atoms with Crippen LogP contribution in [0.3, 0.4) is 0 Å². The molecule has 0 aromatic rings. The highest BCUT2D eigenvalue weighted by Crippen LogP contribution is 2.32. The molecule has 0 radical (unpaired) electrons. The van der Waals surface area contributed by atoms with Gasteiger partial charge in [-0.3, -0.25) is 4.79 Å². The molecule has 2 unspecified atom stereocenters. The van der Waals surface area contributed by atoms with Gasteiger partial charge in [0.1, 0.15) is 0 Å². The second-order valence-electron chi connectivity index (χ2n) is 4.84. The lowest BCUT2D eigenvalue weighted by atomic mass is 9.79. The van der Waals surface area contributed by atoms with Gasteiger partial charge in [-0.1, -0.05) is 31.1 Å². The number of carbonyl (C=O) groups is 1. The minimum Gasteiger partial charge on any atom is -0.294 e. The van der Waals surface area contributed by atoms with E-state index in [-0.39, 0.29) is 5.92 Å². The van der Waals surface area contributed by atoms with Crippen LogP contribution in [0.5, 0.6) is 0 Å². The molecule has 0 spiro atoms. The molecule has 0 heterocycles. The summed E-state index contributed by atoms with van der Waals surface area (Å²) in [5.41, 5.74) is 1.39. The maximum atomic E-state index is 11.9. The van der Waals surface area contributed by atoms with Crippen molar-refractivity contribution in [2.45, 2.75) is 45.4 Å². The van der Waals surface area contributed by atoms with Gasteiger partial charge < -0.3 is 0 Å². The monoisotopic (exact) mass is 204 g/mol. The zero-order chi connectivity index (χ0) is 10.7. The first-order valence-electron chi connectivity index (χ1n) is 6.21. The van der Waals surface area contributed by atoms with E-state index in [4.69, 9.17) is 0 Å². The second kappa shape index (κ2) is 4.78. The third-order valence-electron chi connectivity index (χ3n) is 3.55. The van der Waals surface area contributed by atoms with E-state index >= 15 is 0 Å². The predicted molar refractivity (Wildman–Crippen MR) is 62.6 cm³/mol. The number of allylic oxidation sites excluding steroid dienone is 4. The average molecular weight is 204 g/mol. The highest BCUT2D eigenvalue weighted by molar-refractivity contribution is 5.94. The fraction of sp³-hybridized carbons (Fsp3) is 0.643. The van der Waals surface area contributed by atoms with Gasteiger partial charge in [0.2, 0.25) is 0 Å². The Balaban J connectivity index is 2.09. The molecule has 1 heteroatoms. The Morgan fingerprint density at radius 2 is 2.20 bits per heavy atom. The van der Waals surface area contributed by atoms with Crippen molar-refractivity contribution < 1.29 is 4.79 Å². The summed E-state index contributed by atoms with van der Waals surface area (Å²) in [5, 5.41) is 0. The summed E-state index contributed by atoms with van der Waals surface area (Å²) in [7, 11) is 0. The Labute approximate surface area is 92.3 Å². The summed E-state index contributed by atoms with van der Waals surface area (Å²) in [6.07, 6.45) is 13.3. The zero-order valence-corrected chi connectivity index (χ0v) is 9.54. The molecule has 0 saturated heterocycles. The van der Waals surface area contributed by atoms with Gasteiger partial charge in [0.05, 0.1) is 0 Å². The minimum absolute atomic E-state index is 0.193. The number of hydrogen-bond donors (Lipinski definition) is 0. The van der Waals surface area contributed by atoms with Gasteiger partial charge in [0.25, 0.3) is 0 Å². The Morgan fingerprint density at radius 1 is 1.33 bits per heavy atom. The summed E-state index contributed by atoms with van der Waals surface area (Å²) in [4.78, 5) is 11.9. The molecule has 15 heavy (non-hydrogen) atoms. The van der Waals surface area contributed by atoms with Crippen LogP contribution in [0.2, 0.25) is 0 Å². The summed E-state index contributed by atoms with van der Waals surface area (Å²) in [5.74, 6) is 1.24. The van der Waals surface area contributed by atoms with Crippen LogP contribution in [0.25, 0.3) is 0 Å². The van der Waals surface area contributed by atoms with Crippen LogP contribution >= 0.6 is 0 Å². The maximum Gasteiger partial charge on any atom is 0.162 e. The van der Waals surface area contributed by atoms with Crippen molar-refractivity contribution in [1.29, 1.82) is 0 Å². The average Bonchev–Trinajstić information content (AvgIpc) is 2.24. The van der Waals surface area contributed by atoms with E-state index in [0.717, 1.165) is 19.3 Å². The Bertz CT molecular complexity index is 298. The molecule has 0 N–H and O–H groups in total. The SMILES string of the molecule is CCCC/C1=C/C(=O)C2C=CC(CC2)C1. The van der Waals surface area contributed by atoms with E-state index in [9.17, 15) is 4.79 Å². The summed E-state index contributed by atoms with van der Waals surface area (Å²) in [6.45, 7) is 2.21. The molecule has 0 amide bonds. The molecule has 0 saturated carbocycles. The standard InChI is InChI=1S/C14H20O/c1-2-3-4-12-9-11-5-7-13(8-6-11)14(15)10-12/h5,7,10-11,13H,2-4,6,8-9H2,1H3/b12-10-. The molecular formula is C14H20O. The van der Waals surface area contributed by atoms with Crippen LogP contribution in [0.1, 0.15) is 45.4 Å². The van der Waals surface area contributed by atoms with Crippen molar-refractivity contribution in [2.24, 2.45) is 11.8 Å². The quantitative estimate of drug-likeness (QED) is 0.641. The molecule has 2 bridgehead atoms. The Hall–Kier alpha value is -0.850. The van der Waals surface area contributed by atoms with Crippen molar-refractivity contribution in [3.05, 3.63) is 23.8 Å². The van der Waals surface area contributed by atoms with E-state index in [1.807, 2.05) is 6.08 Å². The molecule has 0 aromatic carbocycles. The molecule has 0 aliphatic heterocycles. The van der Waals surface area contributed by atoms with E-state index in [1.54, 1.807) is 0 Å². The van der Waals surface area contributed by atoms with E-state index in [0.29, 0.717) is 11.7 Å².